The van der Waals surface area contributed by atoms with Gasteiger partial charge in [-0.15, -0.1) is 0 Å². The highest BCUT2D eigenvalue weighted by atomic mass is 16.5. The number of nitrogens with one attached hydrogen (secondary N) is 3. The van der Waals surface area contributed by atoms with Gasteiger partial charge in [0.2, 0.25) is 0 Å². The van der Waals surface area contributed by atoms with Gasteiger partial charge in [0.15, 0.2) is 0 Å². The van der Waals surface area contributed by atoms with Crippen molar-refractivity contribution in [2.45, 2.75) is 26.3 Å². The fraction of sp³-hybridized carbons (Fsp3) is 0.259. The number of aryl methyl sites for hydroxylation is 1. The predicted molar refractivity (Wildman–Crippen MR) is 136 cm³/mol. The molecular formula is C27H30N4O3. The number of ether oxygens (including phenoxy) is 1. The molecule has 0 radical (unpaired) electrons. The summed E-state index contributed by atoms with van der Waals surface area (Å²) in [6, 6.07) is 20.3. The molecule has 0 saturated carbocycles. The minimum absolute atomic E-state index is 0.192. The third kappa shape index (κ3) is 5.86. The standard InChI is InChI=1S/C27H30N4O3/c1-19-8-10-21(11-9-19)26(32)29-22-12-13-25(31-14-3-4-15-31)24(17-22)30-27(33)28-18-20-6-5-7-23(16-20)34-2/h5-13,16-17H,3-4,14-15,18H2,1-2H3,(H,29,32)(H2,28,30,33). The largest absolute Gasteiger partial charge is 0.497 e. The van der Waals surface area contributed by atoms with Crippen LogP contribution in [0.2, 0.25) is 0 Å². The zero-order chi connectivity index (χ0) is 23.9. The summed E-state index contributed by atoms with van der Waals surface area (Å²) < 4.78 is 5.24. The van der Waals surface area contributed by atoms with Crippen LogP contribution in [0.3, 0.4) is 0 Å². The maximum atomic E-state index is 12.7. The molecule has 1 saturated heterocycles. The Kier molecular flexibility index (Phi) is 7.32. The van der Waals surface area contributed by atoms with Crippen LogP contribution in [0.1, 0.15) is 34.3 Å². The van der Waals surface area contributed by atoms with Crippen molar-refractivity contribution in [1.29, 1.82) is 0 Å². The number of benzene rings is 3. The molecule has 0 spiro atoms. The first kappa shape index (κ1) is 23.2. The molecule has 0 atom stereocenters. The Hall–Kier alpha value is -4.00. The molecule has 3 N–H and O–H groups in total. The van der Waals surface area contributed by atoms with Crippen LogP contribution in [-0.2, 0) is 6.54 Å². The topological polar surface area (TPSA) is 82.7 Å². The first-order valence-corrected chi connectivity index (χ1v) is 11.5. The highest BCUT2D eigenvalue weighted by Gasteiger charge is 2.18. The minimum atomic E-state index is -0.315. The monoisotopic (exact) mass is 458 g/mol. The Morgan fingerprint density at radius 3 is 2.44 bits per heavy atom. The van der Waals surface area contributed by atoms with Crippen molar-refractivity contribution in [3.8, 4) is 5.75 Å². The van der Waals surface area contributed by atoms with Gasteiger partial charge in [-0.3, -0.25) is 4.79 Å². The first-order valence-electron chi connectivity index (χ1n) is 11.5. The molecule has 1 fully saturated rings. The predicted octanol–water partition coefficient (Wildman–Crippen LogP) is 5.18. The smallest absolute Gasteiger partial charge is 0.319 e. The van der Waals surface area contributed by atoms with E-state index in [-0.39, 0.29) is 11.9 Å². The van der Waals surface area contributed by atoms with Gasteiger partial charge < -0.3 is 25.6 Å². The summed E-state index contributed by atoms with van der Waals surface area (Å²) in [6.45, 7) is 4.23. The summed E-state index contributed by atoms with van der Waals surface area (Å²) in [4.78, 5) is 27.7. The van der Waals surface area contributed by atoms with Crippen LogP contribution >= 0.6 is 0 Å². The average Bonchev–Trinajstić information content (AvgIpc) is 3.38. The number of carbonyl (C=O) groups is 2. The van der Waals surface area contributed by atoms with Gasteiger partial charge >= 0.3 is 6.03 Å². The van der Waals surface area contributed by atoms with E-state index < -0.39 is 0 Å². The second-order valence-electron chi connectivity index (χ2n) is 8.41. The number of amides is 3. The van der Waals surface area contributed by atoms with Gasteiger partial charge in [0.25, 0.3) is 5.91 Å². The lowest BCUT2D eigenvalue weighted by Crippen LogP contribution is -2.29. The Balaban J connectivity index is 1.48. The lowest BCUT2D eigenvalue weighted by Gasteiger charge is -2.22. The number of carbonyl (C=O) groups excluding carboxylic acids is 2. The number of rotatable bonds is 7. The number of hydrogen-bond donors (Lipinski definition) is 3. The van der Waals surface area contributed by atoms with Gasteiger partial charge in [0.1, 0.15) is 5.75 Å². The van der Waals surface area contributed by atoms with Crippen LogP contribution in [-0.4, -0.2) is 32.1 Å². The lowest BCUT2D eigenvalue weighted by molar-refractivity contribution is 0.102. The molecule has 34 heavy (non-hydrogen) atoms. The van der Waals surface area contributed by atoms with E-state index in [4.69, 9.17) is 4.74 Å². The van der Waals surface area contributed by atoms with E-state index in [1.807, 2.05) is 61.5 Å². The Morgan fingerprint density at radius 1 is 0.941 bits per heavy atom. The summed E-state index contributed by atoms with van der Waals surface area (Å²) in [6.07, 6.45) is 2.24. The molecule has 3 aromatic carbocycles. The van der Waals surface area contributed by atoms with Gasteiger partial charge in [-0.05, 0) is 67.8 Å². The third-order valence-corrected chi connectivity index (χ3v) is 5.85. The van der Waals surface area contributed by atoms with Crippen LogP contribution in [0, 0.1) is 6.92 Å². The van der Waals surface area contributed by atoms with E-state index in [0.717, 1.165) is 48.5 Å². The molecule has 0 aromatic heterocycles. The maximum Gasteiger partial charge on any atom is 0.319 e. The fourth-order valence-corrected chi connectivity index (χ4v) is 3.99. The molecular weight excluding hydrogens is 428 g/mol. The molecule has 3 aromatic rings. The van der Waals surface area contributed by atoms with Gasteiger partial charge in [-0.25, -0.2) is 4.79 Å². The summed E-state index contributed by atoms with van der Waals surface area (Å²) in [7, 11) is 1.61. The van der Waals surface area contributed by atoms with Crippen molar-refractivity contribution in [3.05, 3.63) is 83.4 Å². The van der Waals surface area contributed by atoms with Crippen LogP contribution < -0.4 is 25.6 Å². The fourth-order valence-electron chi connectivity index (χ4n) is 3.99. The zero-order valence-corrected chi connectivity index (χ0v) is 19.6. The van der Waals surface area contributed by atoms with Gasteiger partial charge in [0, 0.05) is 30.9 Å². The van der Waals surface area contributed by atoms with Gasteiger partial charge in [0.05, 0.1) is 18.5 Å². The van der Waals surface area contributed by atoms with Gasteiger partial charge in [-0.1, -0.05) is 29.8 Å². The second kappa shape index (κ2) is 10.7. The van der Waals surface area contributed by atoms with E-state index in [9.17, 15) is 9.59 Å². The SMILES string of the molecule is COc1cccc(CNC(=O)Nc2cc(NC(=O)c3ccc(C)cc3)ccc2N2CCCC2)c1. The van der Waals surface area contributed by atoms with Crippen molar-refractivity contribution in [2.24, 2.45) is 0 Å². The Morgan fingerprint density at radius 2 is 1.71 bits per heavy atom. The van der Waals surface area contributed by atoms with Crippen molar-refractivity contribution in [3.63, 3.8) is 0 Å². The molecule has 176 valence electrons. The lowest BCUT2D eigenvalue weighted by atomic mass is 10.1. The molecule has 1 aliphatic heterocycles. The molecule has 0 aliphatic carbocycles. The summed E-state index contributed by atoms with van der Waals surface area (Å²) in [5.41, 5.74) is 4.84. The average molecular weight is 459 g/mol. The van der Waals surface area contributed by atoms with Crippen molar-refractivity contribution < 1.29 is 14.3 Å². The molecule has 3 amide bonds. The van der Waals surface area contributed by atoms with Crippen LogP contribution in [0.5, 0.6) is 5.75 Å². The van der Waals surface area contributed by atoms with Crippen LogP contribution in [0.4, 0.5) is 21.9 Å². The number of hydrogen-bond acceptors (Lipinski definition) is 4. The van der Waals surface area contributed by atoms with E-state index in [1.165, 1.54) is 0 Å². The first-order chi connectivity index (χ1) is 16.5. The highest BCUT2D eigenvalue weighted by molar-refractivity contribution is 6.05. The van der Waals surface area contributed by atoms with Crippen molar-refractivity contribution in [1.82, 2.24) is 5.32 Å². The number of anilines is 3. The molecule has 1 heterocycles. The minimum Gasteiger partial charge on any atom is -0.497 e. The van der Waals surface area contributed by atoms with Crippen LogP contribution in [0.15, 0.2) is 66.7 Å². The second-order valence-corrected chi connectivity index (χ2v) is 8.41. The Labute approximate surface area is 200 Å². The number of urea groups is 1. The molecule has 0 unspecified atom stereocenters. The Bertz CT molecular complexity index is 1150. The summed E-state index contributed by atoms with van der Waals surface area (Å²) >= 11 is 0. The van der Waals surface area contributed by atoms with E-state index in [0.29, 0.717) is 23.5 Å². The third-order valence-electron chi connectivity index (χ3n) is 5.85. The van der Waals surface area contributed by atoms with Crippen molar-refractivity contribution >= 4 is 29.0 Å². The van der Waals surface area contributed by atoms with E-state index >= 15 is 0 Å². The zero-order valence-electron chi connectivity index (χ0n) is 19.6. The molecule has 1 aliphatic rings. The van der Waals surface area contributed by atoms with Crippen molar-refractivity contribution in [2.75, 3.05) is 35.7 Å². The van der Waals surface area contributed by atoms with Crippen LogP contribution in [0.25, 0.3) is 0 Å². The normalized spacial score (nSPS) is 12.8. The molecule has 7 heteroatoms. The molecule has 7 nitrogen and oxygen atoms in total. The quantitative estimate of drug-likeness (QED) is 0.456. The number of methoxy groups -OCH3 is 1. The maximum absolute atomic E-state index is 12.7. The summed E-state index contributed by atoms with van der Waals surface area (Å²) in [5.74, 6) is 0.551. The highest BCUT2D eigenvalue weighted by Crippen LogP contribution is 2.32. The van der Waals surface area contributed by atoms with Gasteiger partial charge in [-0.2, -0.15) is 0 Å². The molecule has 4 rings (SSSR count). The molecule has 0 bridgehead atoms. The van der Waals surface area contributed by atoms with E-state index in [2.05, 4.69) is 20.9 Å². The number of nitrogens with zero attached hydrogens (tertiary/aromatic N) is 1. The van der Waals surface area contributed by atoms with E-state index in [1.54, 1.807) is 19.2 Å². The summed E-state index contributed by atoms with van der Waals surface area (Å²) in [5, 5.41) is 8.81.